The second kappa shape index (κ2) is 4.57. The van der Waals surface area contributed by atoms with Crippen LogP contribution in [0.5, 0.6) is 0 Å². The second-order valence-electron chi connectivity index (χ2n) is 5.29. The first-order valence-corrected chi connectivity index (χ1v) is 7.49. The molecule has 2 aromatic carbocycles. The van der Waals surface area contributed by atoms with Crippen molar-refractivity contribution in [3.63, 3.8) is 0 Å². The molecule has 0 aliphatic heterocycles. The van der Waals surface area contributed by atoms with E-state index in [4.69, 9.17) is 20.4 Å². The Hall–Kier alpha value is -2.85. The van der Waals surface area contributed by atoms with Crippen LogP contribution < -0.4 is 0 Å². The molecule has 3 heterocycles. The number of nitrogens with zero attached hydrogens (tertiary/aromatic N) is 2. The van der Waals surface area contributed by atoms with E-state index in [1.54, 1.807) is 12.4 Å². The number of aromatic nitrogens is 2. The molecule has 0 saturated heterocycles. The molecule has 0 aliphatic rings. The van der Waals surface area contributed by atoms with E-state index < -0.39 is 0 Å². The average molecular weight is 321 g/mol. The van der Waals surface area contributed by atoms with E-state index in [0.29, 0.717) is 22.1 Å². The molecule has 5 heteroatoms. The van der Waals surface area contributed by atoms with Crippen molar-refractivity contribution in [1.29, 1.82) is 0 Å². The molecule has 5 aromatic rings. The molecule has 0 fully saturated rings. The normalized spacial score (nSPS) is 11.7. The molecule has 0 aliphatic carbocycles. The first kappa shape index (κ1) is 12.7. The molecule has 0 radical (unpaired) electrons. The molecule has 0 unspecified atom stereocenters. The van der Waals surface area contributed by atoms with Crippen LogP contribution in [0.15, 0.2) is 63.7 Å². The highest BCUT2D eigenvalue weighted by Crippen LogP contribution is 2.36. The van der Waals surface area contributed by atoms with Gasteiger partial charge in [-0.15, -0.1) is 0 Å². The topological polar surface area (TPSA) is 52.1 Å². The Morgan fingerprint density at radius 3 is 2.57 bits per heavy atom. The molecule has 23 heavy (non-hydrogen) atoms. The Labute approximate surface area is 135 Å². The van der Waals surface area contributed by atoms with Crippen LogP contribution in [-0.2, 0) is 0 Å². The lowest BCUT2D eigenvalue weighted by atomic mass is 10.1. The van der Waals surface area contributed by atoms with Gasteiger partial charge in [0.15, 0.2) is 11.2 Å². The van der Waals surface area contributed by atoms with Gasteiger partial charge in [-0.1, -0.05) is 11.6 Å². The van der Waals surface area contributed by atoms with Gasteiger partial charge in [0.2, 0.25) is 5.89 Å². The van der Waals surface area contributed by atoms with E-state index in [1.165, 1.54) is 0 Å². The molecule has 0 spiro atoms. The summed E-state index contributed by atoms with van der Waals surface area (Å²) in [5, 5.41) is 2.61. The summed E-state index contributed by atoms with van der Waals surface area (Å²) in [7, 11) is 0. The number of rotatable bonds is 1. The monoisotopic (exact) mass is 320 g/mol. The number of hydrogen-bond donors (Lipinski definition) is 0. The van der Waals surface area contributed by atoms with Crippen molar-refractivity contribution in [1.82, 2.24) is 9.97 Å². The van der Waals surface area contributed by atoms with Gasteiger partial charge >= 0.3 is 0 Å². The number of furan rings is 1. The summed E-state index contributed by atoms with van der Waals surface area (Å²) in [6.45, 7) is 0. The number of halogens is 1. The van der Waals surface area contributed by atoms with Crippen molar-refractivity contribution in [3.05, 3.63) is 59.9 Å². The van der Waals surface area contributed by atoms with Gasteiger partial charge in [0, 0.05) is 33.8 Å². The quantitative estimate of drug-likeness (QED) is 0.412. The van der Waals surface area contributed by atoms with E-state index >= 15 is 0 Å². The Morgan fingerprint density at radius 1 is 0.826 bits per heavy atom. The van der Waals surface area contributed by atoms with Gasteiger partial charge in [-0.25, -0.2) is 4.98 Å². The van der Waals surface area contributed by atoms with Crippen LogP contribution >= 0.6 is 11.6 Å². The summed E-state index contributed by atoms with van der Waals surface area (Å²) in [6, 6.07) is 13.2. The fourth-order valence-electron chi connectivity index (χ4n) is 2.81. The van der Waals surface area contributed by atoms with Gasteiger partial charge in [0.1, 0.15) is 11.1 Å². The maximum Gasteiger partial charge on any atom is 0.227 e. The summed E-state index contributed by atoms with van der Waals surface area (Å²) in [6.07, 6.45) is 3.42. The largest absolute Gasteiger partial charge is 0.452 e. The van der Waals surface area contributed by atoms with Gasteiger partial charge < -0.3 is 8.83 Å². The molecule has 4 nitrogen and oxygen atoms in total. The SMILES string of the molecule is Clc1ccc2oc3c(ccc4nc(-c5ccncc5)oc43)c2c1. The first-order valence-electron chi connectivity index (χ1n) is 7.11. The van der Waals surface area contributed by atoms with Gasteiger partial charge in [-0.2, -0.15) is 0 Å². The molecule has 0 amide bonds. The fourth-order valence-corrected chi connectivity index (χ4v) is 2.98. The summed E-state index contributed by atoms with van der Waals surface area (Å²) in [5.41, 5.74) is 3.74. The van der Waals surface area contributed by atoms with Crippen molar-refractivity contribution in [3.8, 4) is 11.5 Å². The van der Waals surface area contributed by atoms with E-state index in [9.17, 15) is 0 Å². The van der Waals surface area contributed by atoms with Crippen molar-refractivity contribution in [2.24, 2.45) is 0 Å². The third kappa shape index (κ3) is 1.85. The molecule has 0 atom stereocenters. The molecular weight excluding hydrogens is 312 g/mol. The van der Waals surface area contributed by atoms with Crippen LogP contribution in [0.1, 0.15) is 0 Å². The zero-order valence-corrected chi connectivity index (χ0v) is 12.5. The minimum atomic E-state index is 0.549. The van der Waals surface area contributed by atoms with Crippen LogP contribution in [0.4, 0.5) is 0 Å². The van der Waals surface area contributed by atoms with Gasteiger partial charge in [0.25, 0.3) is 0 Å². The predicted octanol–water partition coefficient (Wildman–Crippen LogP) is 5.44. The Balaban J connectivity index is 1.86. The van der Waals surface area contributed by atoms with E-state index in [-0.39, 0.29) is 0 Å². The number of benzene rings is 2. The summed E-state index contributed by atoms with van der Waals surface area (Å²) < 4.78 is 11.9. The number of oxazole rings is 1. The number of pyridine rings is 1. The molecule has 3 aromatic heterocycles. The maximum atomic E-state index is 6.09. The van der Waals surface area contributed by atoms with Crippen LogP contribution in [0.2, 0.25) is 5.02 Å². The van der Waals surface area contributed by atoms with Crippen molar-refractivity contribution >= 4 is 44.6 Å². The van der Waals surface area contributed by atoms with Crippen LogP contribution in [0.3, 0.4) is 0 Å². The van der Waals surface area contributed by atoms with Crippen LogP contribution in [0, 0.1) is 0 Å². The average Bonchev–Trinajstić information content (AvgIpc) is 3.16. The molecule has 0 bridgehead atoms. The minimum absolute atomic E-state index is 0.549. The third-order valence-electron chi connectivity index (χ3n) is 3.88. The molecule has 0 N–H and O–H groups in total. The minimum Gasteiger partial charge on any atom is -0.452 e. The maximum absolute atomic E-state index is 6.09. The number of hydrogen-bond acceptors (Lipinski definition) is 4. The smallest absolute Gasteiger partial charge is 0.227 e. The van der Waals surface area contributed by atoms with E-state index in [0.717, 1.165) is 27.4 Å². The highest BCUT2D eigenvalue weighted by atomic mass is 35.5. The lowest BCUT2D eigenvalue weighted by Crippen LogP contribution is -1.76. The molecule has 0 saturated carbocycles. The zero-order valence-electron chi connectivity index (χ0n) is 11.8. The zero-order chi connectivity index (χ0) is 15.4. The molecule has 110 valence electrons. The number of fused-ring (bicyclic) bond motifs is 5. The van der Waals surface area contributed by atoms with Crippen molar-refractivity contribution in [2.45, 2.75) is 0 Å². The summed E-state index contributed by atoms with van der Waals surface area (Å²) >= 11 is 6.09. The molecular formula is C18H9ClN2O2. The highest BCUT2D eigenvalue weighted by Gasteiger charge is 2.16. The van der Waals surface area contributed by atoms with E-state index in [1.807, 2.05) is 42.5 Å². The Kier molecular flexibility index (Phi) is 2.52. The first-order chi connectivity index (χ1) is 11.3. The predicted molar refractivity (Wildman–Crippen MR) is 89.5 cm³/mol. The highest BCUT2D eigenvalue weighted by molar-refractivity contribution is 6.31. The lowest BCUT2D eigenvalue weighted by Gasteiger charge is -1.91. The Bertz CT molecular complexity index is 1180. The lowest BCUT2D eigenvalue weighted by molar-refractivity contribution is 0.603. The fraction of sp³-hybridized carbons (Fsp3) is 0. The van der Waals surface area contributed by atoms with Crippen molar-refractivity contribution in [2.75, 3.05) is 0 Å². The van der Waals surface area contributed by atoms with Gasteiger partial charge in [0.05, 0.1) is 0 Å². The second-order valence-corrected chi connectivity index (χ2v) is 5.72. The van der Waals surface area contributed by atoms with Gasteiger partial charge in [-0.05, 0) is 42.5 Å². The van der Waals surface area contributed by atoms with Gasteiger partial charge in [-0.3, -0.25) is 4.98 Å². The summed E-state index contributed by atoms with van der Waals surface area (Å²) in [4.78, 5) is 8.55. The standard InChI is InChI=1S/C18H9ClN2O2/c19-11-1-4-15-13(9-11)12-2-3-14-17(16(12)22-15)23-18(21-14)10-5-7-20-8-6-10/h1-9H. The van der Waals surface area contributed by atoms with E-state index in [2.05, 4.69) is 9.97 Å². The third-order valence-corrected chi connectivity index (χ3v) is 4.12. The van der Waals surface area contributed by atoms with Crippen LogP contribution in [0.25, 0.3) is 44.5 Å². The van der Waals surface area contributed by atoms with Crippen molar-refractivity contribution < 1.29 is 8.83 Å². The molecule has 5 rings (SSSR count). The summed E-state index contributed by atoms with van der Waals surface area (Å²) in [5.74, 6) is 0.549. The van der Waals surface area contributed by atoms with Crippen LogP contribution in [-0.4, -0.2) is 9.97 Å². The Morgan fingerprint density at radius 2 is 1.70 bits per heavy atom.